The zero-order valence-corrected chi connectivity index (χ0v) is 14.8. The quantitative estimate of drug-likeness (QED) is 0.723. The SMILES string of the molecule is Cc1ccc(Cl)cc1NC(=O)CCCNC(=O)OCc1ccccc1. The fourth-order valence-corrected chi connectivity index (χ4v) is 2.33. The molecule has 0 atom stereocenters. The van der Waals surface area contributed by atoms with Crippen LogP contribution in [0.5, 0.6) is 0 Å². The normalized spacial score (nSPS) is 10.2. The molecule has 0 unspecified atom stereocenters. The number of aryl methyl sites for hydroxylation is 1. The number of hydrogen-bond acceptors (Lipinski definition) is 3. The van der Waals surface area contributed by atoms with E-state index in [2.05, 4.69) is 10.6 Å². The summed E-state index contributed by atoms with van der Waals surface area (Å²) in [5.74, 6) is -0.121. The maximum absolute atomic E-state index is 11.9. The second-order valence-electron chi connectivity index (χ2n) is 5.60. The molecule has 0 spiro atoms. The molecule has 0 aliphatic rings. The zero-order valence-electron chi connectivity index (χ0n) is 14.0. The van der Waals surface area contributed by atoms with E-state index in [-0.39, 0.29) is 12.5 Å². The summed E-state index contributed by atoms with van der Waals surface area (Å²) in [6, 6.07) is 14.8. The van der Waals surface area contributed by atoms with Crippen molar-refractivity contribution in [2.45, 2.75) is 26.4 Å². The van der Waals surface area contributed by atoms with Gasteiger partial charge in [0.1, 0.15) is 6.61 Å². The number of benzene rings is 2. The Hall–Kier alpha value is -2.53. The van der Waals surface area contributed by atoms with Crippen molar-refractivity contribution in [1.82, 2.24) is 5.32 Å². The Labute approximate surface area is 152 Å². The van der Waals surface area contributed by atoms with Gasteiger partial charge in [0, 0.05) is 23.7 Å². The standard InChI is InChI=1S/C19H21ClN2O3/c1-14-9-10-16(20)12-17(14)22-18(23)8-5-11-21-19(24)25-13-15-6-3-2-4-7-15/h2-4,6-7,9-10,12H,5,8,11,13H2,1H3,(H,21,24)(H,22,23). The molecule has 0 radical (unpaired) electrons. The summed E-state index contributed by atoms with van der Waals surface area (Å²) in [7, 11) is 0. The molecule has 2 amide bonds. The van der Waals surface area contributed by atoms with Crippen LogP contribution in [0, 0.1) is 6.92 Å². The highest BCUT2D eigenvalue weighted by atomic mass is 35.5. The van der Waals surface area contributed by atoms with E-state index >= 15 is 0 Å². The van der Waals surface area contributed by atoms with E-state index in [1.165, 1.54) is 0 Å². The van der Waals surface area contributed by atoms with Gasteiger partial charge in [-0.15, -0.1) is 0 Å². The van der Waals surface area contributed by atoms with Crippen molar-refractivity contribution in [2.24, 2.45) is 0 Å². The first-order valence-electron chi connectivity index (χ1n) is 8.05. The van der Waals surface area contributed by atoms with E-state index in [9.17, 15) is 9.59 Å². The average Bonchev–Trinajstić information content (AvgIpc) is 2.61. The van der Waals surface area contributed by atoms with Gasteiger partial charge in [-0.25, -0.2) is 4.79 Å². The lowest BCUT2D eigenvalue weighted by Gasteiger charge is -2.09. The average molecular weight is 361 g/mol. The second kappa shape index (κ2) is 9.69. The molecule has 0 saturated carbocycles. The van der Waals surface area contributed by atoms with Crippen LogP contribution in [-0.4, -0.2) is 18.5 Å². The Kier molecular flexibility index (Phi) is 7.29. The molecular weight excluding hydrogens is 340 g/mol. The van der Waals surface area contributed by atoms with Crippen LogP contribution in [0.1, 0.15) is 24.0 Å². The third-order valence-electron chi connectivity index (χ3n) is 3.54. The maximum Gasteiger partial charge on any atom is 0.407 e. The molecule has 132 valence electrons. The summed E-state index contributed by atoms with van der Waals surface area (Å²) in [6.07, 6.45) is 0.325. The molecule has 5 nitrogen and oxygen atoms in total. The van der Waals surface area contributed by atoms with Crippen LogP contribution in [-0.2, 0) is 16.1 Å². The van der Waals surface area contributed by atoms with Gasteiger partial charge in [-0.2, -0.15) is 0 Å². The van der Waals surface area contributed by atoms with Gasteiger partial charge >= 0.3 is 6.09 Å². The van der Waals surface area contributed by atoms with Crippen LogP contribution in [0.15, 0.2) is 48.5 Å². The summed E-state index contributed by atoms with van der Waals surface area (Å²) in [5, 5.41) is 6.02. The Balaban J connectivity index is 1.62. The molecule has 0 heterocycles. The smallest absolute Gasteiger partial charge is 0.407 e. The minimum Gasteiger partial charge on any atom is -0.445 e. The highest BCUT2D eigenvalue weighted by molar-refractivity contribution is 6.31. The Morgan fingerprint density at radius 3 is 2.64 bits per heavy atom. The van der Waals surface area contributed by atoms with E-state index in [1.54, 1.807) is 12.1 Å². The lowest BCUT2D eigenvalue weighted by Crippen LogP contribution is -2.26. The van der Waals surface area contributed by atoms with E-state index in [0.717, 1.165) is 11.1 Å². The molecule has 0 saturated heterocycles. The molecule has 2 aromatic rings. The number of rotatable bonds is 7. The van der Waals surface area contributed by atoms with Gasteiger partial charge in [0.05, 0.1) is 0 Å². The van der Waals surface area contributed by atoms with E-state index in [1.807, 2.05) is 43.3 Å². The molecule has 0 fully saturated rings. The van der Waals surface area contributed by atoms with E-state index < -0.39 is 6.09 Å². The number of nitrogens with one attached hydrogen (secondary N) is 2. The monoisotopic (exact) mass is 360 g/mol. The maximum atomic E-state index is 11.9. The fourth-order valence-electron chi connectivity index (χ4n) is 2.16. The molecule has 0 bridgehead atoms. The highest BCUT2D eigenvalue weighted by Gasteiger charge is 2.07. The molecule has 0 aliphatic heterocycles. The topological polar surface area (TPSA) is 67.4 Å². The summed E-state index contributed by atoms with van der Waals surface area (Å²) < 4.78 is 5.09. The van der Waals surface area contributed by atoms with Gasteiger partial charge < -0.3 is 15.4 Å². The Bertz CT molecular complexity index is 720. The van der Waals surface area contributed by atoms with Crippen molar-refractivity contribution in [1.29, 1.82) is 0 Å². The van der Waals surface area contributed by atoms with Crippen molar-refractivity contribution in [2.75, 3.05) is 11.9 Å². The third kappa shape index (κ3) is 6.85. The molecule has 2 aromatic carbocycles. The first-order valence-corrected chi connectivity index (χ1v) is 8.43. The first-order chi connectivity index (χ1) is 12.0. The molecule has 2 N–H and O–H groups in total. The van der Waals surface area contributed by atoms with Crippen LogP contribution < -0.4 is 10.6 Å². The minimum absolute atomic E-state index is 0.121. The molecule has 2 rings (SSSR count). The summed E-state index contributed by atoms with van der Waals surface area (Å²) in [6.45, 7) is 2.49. The van der Waals surface area contributed by atoms with Gasteiger partial charge in [-0.3, -0.25) is 4.79 Å². The van der Waals surface area contributed by atoms with Gasteiger partial charge in [-0.1, -0.05) is 48.0 Å². The van der Waals surface area contributed by atoms with Crippen LogP contribution in [0.4, 0.5) is 10.5 Å². The van der Waals surface area contributed by atoms with Crippen molar-refractivity contribution < 1.29 is 14.3 Å². The second-order valence-corrected chi connectivity index (χ2v) is 6.04. The third-order valence-corrected chi connectivity index (χ3v) is 3.77. The lowest BCUT2D eigenvalue weighted by molar-refractivity contribution is -0.116. The number of amides is 2. The minimum atomic E-state index is -0.491. The number of carbonyl (C=O) groups excluding carboxylic acids is 2. The Morgan fingerprint density at radius 2 is 1.88 bits per heavy atom. The van der Waals surface area contributed by atoms with Crippen LogP contribution in [0.3, 0.4) is 0 Å². The summed E-state index contributed by atoms with van der Waals surface area (Å²) in [4.78, 5) is 23.5. The van der Waals surface area contributed by atoms with Crippen molar-refractivity contribution in [3.05, 3.63) is 64.7 Å². The predicted octanol–water partition coefficient (Wildman–Crippen LogP) is 4.29. The molecule has 25 heavy (non-hydrogen) atoms. The van der Waals surface area contributed by atoms with Crippen LogP contribution in [0.2, 0.25) is 5.02 Å². The van der Waals surface area contributed by atoms with E-state index in [0.29, 0.717) is 30.1 Å². The van der Waals surface area contributed by atoms with Gasteiger partial charge in [0.15, 0.2) is 0 Å². The molecule has 0 aliphatic carbocycles. The summed E-state index contributed by atoms with van der Waals surface area (Å²) in [5.41, 5.74) is 2.57. The fraction of sp³-hybridized carbons (Fsp3) is 0.263. The first kappa shape index (κ1) is 18.8. The largest absolute Gasteiger partial charge is 0.445 e. The number of anilines is 1. The zero-order chi connectivity index (χ0) is 18.1. The van der Waals surface area contributed by atoms with Gasteiger partial charge in [0.2, 0.25) is 5.91 Å². The summed E-state index contributed by atoms with van der Waals surface area (Å²) >= 11 is 5.92. The number of hydrogen-bond donors (Lipinski definition) is 2. The van der Waals surface area contributed by atoms with Crippen LogP contribution >= 0.6 is 11.6 Å². The van der Waals surface area contributed by atoms with Gasteiger partial charge in [-0.05, 0) is 36.6 Å². The Morgan fingerprint density at radius 1 is 1.12 bits per heavy atom. The molecule has 6 heteroatoms. The van der Waals surface area contributed by atoms with Crippen molar-refractivity contribution in [3.63, 3.8) is 0 Å². The highest BCUT2D eigenvalue weighted by Crippen LogP contribution is 2.20. The molecular formula is C19H21ClN2O3. The number of halogens is 1. The lowest BCUT2D eigenvalue weighted by atomic mass is 10.2. The van der Waals surface area contributed by atoms with Crippen molar-refractivity contribution in [3.8, 4) is 0 Å². The van der Waals surface area contributed by atoms with E-state index in [4.69, 9.17) is 16.3 Å². The van der Waals surface area contributed by atoms with Crippen LogP contribution in [0.25, 0.3) is 0 Å². The number of carbonyl (C=O) groups is 2. The predicted molar refractivity (Wildman–Crippen MR) is 98.7 cm³/mol. The number of ether oxygens (including phenoxy) is 1. The molecule has 0 aromatic heterocycles. The number of alkyl carbamates (subject to hydrolysis) is 1. The van der Waals surface area contributed by atoms with Gasteiger partial charge in [0.25, 0.3) is 0 Å². The van der Waals surface area contributed by atoms with Crippen molar-refractivity contribution >= 4 is 29.3 Å².